The topological polar surface area (TPSA) is 52.3 Å². The van der Waals surface area contributed by atoms with E-state index in [1.165, 1.54) is 0 Å². The Morgan fingerprint density at radius 1 is 1.33 bits per heavy atom. The number of ketones is 1. The summed E-state index contributed by atoms with van der Waals surface area (Å²) in [6.07, 6.45) is 1.07. The molecule has 3 nitrogen and oxygen atoms in total. The lowest BCUT2D eigenvalue weighted by molar-refractivity contribution is 0.0991. The summed E-state index contributed by atoms with van der Waals surface area (Å²) in [5.41, 5.74) is 8.78. The normalized spacial score (nSPS) is 12.9. The van der Waals surface area contributed by atoms with Gasteiger partial charge < -0.3 is 10.5 Å². The number of Topliss-reactive ketones (excluding diaryl/α,β-unsaturated/α-hetero) is 1. The van der Waals surface area contributed by atoms with Crippen LogP contribution >= 0.6 is 27.5 Å². The number of ether oxygens (including phenoxy) is 1. The molecule has 0 amide bonds. The Hall–Kier alpha value is -1.52. The van der Waals surface area contributed by atoms with Gasteiger partial charge in [0.05, 0.1) is 6.61 Å². The number of benzene rings is 2. The molecule has 1 aliphatic heterocycles. The van der Waals surface area contributed by atoms with E-state index < -0.39 is 0 Å². The first kappa shape index (κ1) is 14.4. The summed E-state index contributed by atoms with van der Waals surface area (Å²) in [4.78, 5) is 12.5. The summed E-state index contributed by atoms with van der Waals surface area (Å²) in [6, 6.07) is 8.90. The van der Waals surface area contributed by atoms with Crippen molar-refractivity contribution in [1.29, 1.82) is 0 Å². The predicted octanol–water partition coefficient (Wildman–Crippen LogP) is 4.05. The highest BCUT2D eigenvalue weighted by molar-refractivity contribution is 9.10. The summed E-state index contributed by atoms with van der Waals surface area (Å²) in [5, 5.41) is 0.633. The van der Waals surface area contributed by atoms with Gasteiger partial charge in [0.1, 0.15) is 5.75 Å². The molecule has 2 aromatic carbocycles. The maximum absolute atomic E-state index is 12.5. The van der Waals surface area contributed by atoms with Gasteiger partial charge in [0.15, 0.2) is 5.78 Å². The third kappa shape index (κ3) is 2.92. The van der Waals surface area contributed by atoms with Crippen molar-refractivity contribution >= 4 is 39.0 Å². The van der Waals surface area contributed by atoms with E-state index in [1.807, 2.05) is 6.07 Å². The smallest absolute Gasteiger partial charge is 0.168 e. The summed E-state index contributed by atoms with van der Waals surface area (Å²) in [5.74, 6) is 0.780. The summed E-state index contributed by atoms with van der Waals surface area (Å²) in [7, 11) is 0. The third-order valence-electron chi connectivity index (χ3n) is 3.47. The van der Waals surface area contributed by atoms with Crippen molar-refractivity contribution in [2.75, 3.05) is 12.3 Å². The predicted molar refractivity (Wildman–Crippen MR) is 87.2 cm³/mol. The molecular formula is C16H13BrClNO2. The van der Waals surface area contributed by atoms with Crippen LogP contribution in [0.1, 0.15) is 21.5 Å². The summed E-state index contributed by atoms with van der Waals surface area (Å²) in [6.45, 7) is 0.638. The third-order valence-corrected chi connectivity index (χ3v) is 4.38. The number of nitrogen functional groups attached to an aromatic ring is 1. The fourth-order valence-corrected chi connectivity index (χ4v) is 3.23. The Morgan fingerprint density at radius 2 is 2.14 bits per heavy atom. The number of carbonyl (C=O) groups is 1. The van der Waals surface area contributed by atoms with E-state index in [9.17, 15) is 4.79 Å². The van der Waals surface area contributed by atoms with Crippen molar-refractivity contribution in [3.05, 3.63) is 56.5 Å². The Morgan fingerprint density at radius 3 is 2.95 bits per heavy atom. The maximum atomic E-state index is 12.5. The molecule has 0 saturated carbocycles. The summed E-state index contributed by atoms with van der Waals surface area (Å²) < 4.78 is 6.37. The molecular weight excluding hydrogens is 354 g/mol. The van der Waals surface area contributed by atoms with Crippen LogP contribution in [-0.4, -0.2) is 12.4 Å². The van der Waals surface area contributed by atoms with Crippen LogP contribution < -0.4 is 10.5 Å². The molecule has 0 saturated heterocycles. The van der Waals surface area contributed by atoms with Crippen LogP contribution in [0, 0.1) is 0 Å². The van der Waals surface area contributed by atoms with Gasteiger partial charge in [-0.3, -0.25) is 4.79 Å². The molecule has 3 rings (SSSR count). The van der Waals surface area contributed by atoms with Crippen LogP contribution in [0.5, 0.6) is 5.75 Å². The highest BCUT2D eigenvalue weighted by Crippen LogP contribution is 2.34. The quantitative estimate of drug-likeness (QED) is 0.659. The molecule has 21 heavy (non-hydrogen) atoms. The second-order valence-corrected chi connectivity index (χ2v) is 6.28. The molecule has 0 aliphatic carbocycles. The fourth-order valence-electron chi connectivity index (χ4n) is 2.50. The van der Waals surface area contributed by atoms with Gasteiger partial charge in [0, 0.05) is 39.2 Å². The molecule has 108 valence electrons. The minimum atomic E-state index is -0.0193. The number of hydrogen-bond acceptors (Lipinski definition) is 3. The van der Waals surface area contributed by atoms with E-state index in [1.54, 1.807) is 24.3 Å². The molecule has 1 heterocycles. The van der Waals surface area contributed by atoms with Crippen LogP contribution in [-0.2, 0) is 12.8 Å². The average molecular weight is 367 g/mol. The molecule has 2 aromatic rings. The van der Waals surface area contributed by atoms with Crippen molar-refractivity contribution in [1.82, 2.24) is 0 Å². The Bertz CT molecular complexity index is 730. The molecule has 5 heteroatoms. The zero-order chi connectivity index (χ0) is 15.0. The largest absolute Gasteiger partial charge is 0.493 e. The Balaban J connectivity index is 1.94. The molecule has 0 atom stereocenters. The van der Waals surface area contributed by atoms with Crippen LogP contribution in [0.4, 0.5) is 5.69 Å². The first-order valence-electron chi connectivity index (χ1n) is 6.57. The molecule has 1 aliphatic rings. The highest BCUT2D eigenvalue weighted by Gasteiger charge is 2.20. The molecule has 0 aromatic heterocycles. The number of nitrogens with two attached hydrogens (primary N) is 1. The average Bonchev–Trinajstić information content (AvgIpc) is 2.89. The monoisotopic (exact) mass is 365 g/mol. The minimum Gasteiger partial charge on any atom is -0.493 e. The molecule has 2 N–H and O–H groups in total. The molecule has 0 unspecified atom stereocenters. The van der Waals surface area contributed by atoms with Gasteiger partial charge in [-0.05, 0) is 35.9 Å². The van der Waals surface area contributed by atoms with Gasteiger partial charge >= 0.3 is 0 Å². The molecule has 0 spiro atoms. The standard InChI is InChI=1S/C16H13BrClNO2/c17-14-2-1-12(19)8-13(14)15(20)7-10-6-11(18)5-9-3-4-21-16(9)10/h1-2,5-6,8H,3-4,7,19H2. The van der Waals surface area contributed by atoms with E-state index in [-0.39, 0.29) is 12.2 Å². The van der Waals surface area contributed by atoms with Gasteiger partial charge in [0.25, 0.3) is 0 Å². The van der Waals surface area contributed by atoms with Crippen LogP contribution in [0.3, 0.4) is 0 Å². The van der Waals surface area contributed by atoms with Crippen molar-refractivity contribution in [3.8, 4) is 5.75 Å². The van der Waals surface area contributed by atoms with E-state index in [0.717, 1.165) is 27.8 Å². The van der Waals surface area contributed by atoms with Gasteiger partial charge in [-0.1, -0.05) is 27.5 Å². The highest BCUT2D eigenvalue weighted by atomic mass is 79.9. The SMILES string of the molecule is Nc1ccc(Br)c(C(=O)Cc2cc(Cl)cc3c2OCC3)c1. The molecule has 0 bridgehead atoms. The van der Waals surface area contributed by atoms with Gasteiger partial charge in [-0.15, -0.1) is 0 Å². The lowest BCUT2D eigenvalue weighted by Gasteiger charge is -2.10. The van der Waals surface area contributed by atoms with Crippen molar-refractivity contribution < 1.29 is 9.53 Å². The number of anilines is 1. The number of halogens is 2. The summed E-state index contributed by atoms with van der Waals surface area (Å²) >= 11 is 9.51. The van der Waals surface area contributed by atoms with Crippen molar-refractivity contribution in [3.63, 3.8) is 0 Å². The first-order chi connectivity index (χ1) is 10.0. The minimum absolute atomic E-state index is 0.0193. The lowest BCUT2D eigenvalue weighted by Crippen LogP contribution is -2.06. The Labute approximate surface area is 136 Å². The van der Waals surface area contributed by atoms with E-state index in [2.05, 4.69) is 15.9 Å². The Kier molecular flexibility index (Phi) is 3.91. The van der Waals surface area contributed by atoms with Crippen LogP contribution in [0.2, 0.25) is 5.02 Å². The van der Waals surface area contributed by atoms with Gasteiger partial charge in [0.2, 0.25) is 0 Å². The van der Waals surface area contributed by atoms with Crippen LogP contribution in [0.25, 0.3) is 0 Å². The number of hydrogen-bond donors (Lipinski definition) is 1. The van der Waals surface area contributed by atoms with Gasteiger partial charge in [-0.2, -0.15) is 0 Å². The second-order valence-electron chi connectivity index (χ2n) is 4.99. The zero-order valence-electron chi connectivity index (χ0n) is 11.2. The zero-order valence-corrected chi connectivity index (χ0v) is 13.5. The van der Waals surface area contributed by atoms with Gasteiger partial charge in [-0.25, -0.2) is 0 Å². The molecule has 0 fully saturated rings. The first-order valence-corrected chi connectivity index (χ1v) is 7.74. The van der Waals surface area contributed by atoms with E-state index in [4.69, 9.17) is 22.1 Å². The van der Waals surface area contributed by atoms with Crippen molar-refractivity contribution in [2.45, 2.75) is 12.8 Å². The number of rotatable bonds is 3. The van der Waals surface area contributed by atoms with E-state index in [0.29, 0.717) is 22.9 Å². The van der Waals surface area contributed by atoms with Crippen molar-refractivity contribution in [2.24, 2.45) is 0 Å². The number of fused-ring (bicyclic) bond motifs is 1. The maximum Gasteiger partial charge on any atom is 0.168 e. The van der Waals surface area contributed by atoms with E-state index >= 15 is 0 Å². The fraction of sp³-hybridized carbons (Fsp3) is 0.188. The lowest BCUT2D eigenvalue weighted by atomic mass is 9.99. The second kappa shape index (κ2) is 5.70. The number of carbonyl (C=O) groups excluding carboxylic acids is 1. The molecule has 0 radical (unpaired) electrons. The van der Waals surface area contributed by atoms with Crippen LogP contribution in [0.15, 0.2) is 34.8 Å².